The summed E-state index contributed by atoms with van der Waals surface area (Å²) in [6, 6.07) is 13.8. The van der Waals surface area contributed by atoms with E-state index in [9.17, 15) is 9.59 Å². The number of aliphatic carboxylic acids is 1. The predicted octanol–water partition coefficient (Wildman–Crippen LogP) is 2.91. The molecule has 5 nitrogen and oxygen atoms in total. The fourth-order valence-corrected chi connectivity index (χ4v) is 2.23. The van der Waals surface area contributed by atoms with E-state index in [2.05, 4.69) is 0 Å². The van der Waals surface area contributed by atoms with Crippen molar-refractivity contribution in [3.05, 3.63) is 54.1 Å². The molecule has 2 rings (SSSR count). The topological polar surface area (TPSA) is 66.8 Å². The Balaban J connectivity index is 2.42. The number of ether oxygens (including phenoxy) is 1. The van der Waals surface area contributed by atoms with Gasteiger partial charge in [0.2, 0.25) is 0 Å². The Labute approximate surface area is 135 Å². The first-order valence-corrected chi connectivity index (χ1v) is 7.19. The Bertz CT molecular complexity index is 712. The quantitative estimate of drug-likeness (QED) is 0.921. The molecule has 5 heteroatoms. The molecule has 1 atom stereocenters. The number of carboxylic acid groups (broad SMARTS) is 1. The van der Waals surface area contributed by atoms with Gasteiger partial charge >= 0.3 is 5.97 Å². The van der Waals surface area contributed by atoms with E-state index in [1.54, 1.807) is 25.3 Å². The predicted molar refractivity (Wildman–Crippen MR) is 87.6 cm³/mol. The molecule has 0 aliphatic rings. The Kier molecular flexibility index (Phi) is 5.01. The van der Waals surface area contributed by atoms with Crippen molar-refractivity contribution >= 4 is 11.9 Å². The Morgan fingerprint density at radius 3 is 2.35 bits per heavy atom. The van der Waals surface area contributed by atoms with Gasteiger partial charge in [0, 0.05) is 18.2 Å². The van der Waals surface area contributed by atoms with E-state index in [1.807, 2.05) is 30.3 Å². The van der Waals surface area contributed by atoms with Crippen LogP contribution < -0.4 is 4.74 Å². The maximum Gasteiger partial charge on any atom is 0.326 e. The number of amides is 1. The summed E-state index contributed by atoms with van der Waals surface area (Å²) in [5.41, 5.74) is 2.13. The molecule has 0 heterocycles. The van der Waals surface area contributed by atoms with Crippen molar-refractivity contribution in [2.75, 3.05) is 14.2 Å². The van der Waals surface area contributed by atoms with Crippen LogP contribution in [-0.2, 0) is 4.79 Å². The number of carbonyl (C=O) groups excluding carboxylic acids is 1. The van der Waals surface area contributed by atoms with Gasteiger partial charge in [0.15, 0.2) is 0 Å². The van der Waals surface area contributed by atoms with Crippen LogP contribution in [0.4, 0.5) is 0 Å². The second-order valence-corrected chi connectivity index (χ2v) is 5.21. The van der Waals surface area contributed by atoms with Gasteiger partial charge < -0.3 is 14.7 Å². The van der Waals surface area contributed by atoms with Crippen LogP contribution in [0.15, 0.2) is 48.5 Å². The number of hydrogen-bond donors (Lipinski definition) is 1. The molecule has 120 valence electrons. The molecule has 0 fully saturated rings. The van der Waals surface area contributed by atoms with Crippen LogP contribution in [0.1, 0.15) is 17.3 Å². The van der Waals surface area contributed by atoms with Crippen LogP contribution in [0.3, 0.4) is 0 Å². The zero-order valence-corrected chi connectivity index (χ0v) is 13.3. The SMILES string of the molecule is COc1ccc(C(=O)N(C)[C@H](C)C(=O)O)cc1-c1ccccc1. The van der Waals surface area contributed by atoms with Gasteiger partial charge in [0.1, 0.15) is 11.8 Å². The van der Waals surface area contributed by atoms with Gasteiger partial charge in [-0.15, -0.1) is 0 Å². The highest BCUT2D eigenvalue weighted by Crippen LogP contribution is 2.31. The fraction of sp³-hybridized carbons (Fsp3) is 0.222. The van der Waals surface area contributed by atoms with Crippen LogP contribution in [0.5, 0.6) is 5.75 Å². The Morgan fingerprint density at radius 1 is 1.13 bits per heavy atom. The number of benzene rings is 2. The minimum absolute atomic E-state index is 0.347. The van der Waals surface area contributed by atoms with E-state index < -0.39 is 12.0 Å². The molecule has 0 unspecified atom stereocenters. The lowest BCUT2D eigenvalue weighted by atomic mass is 10.0. The number of nitrogens with zero attached hydrogens (tertiary/aromatic N) is 1. The van der Waals surface area contributed by atoms with Gasteiger partial charge in [-0.2, -0.15) is 0 Å². The highest BCUT2D eigenvalue weighted by molar-refractivity contribution is 5.98. The van der Waals surface area contributed by atoms with E-state index in [0.29, 0.717) is 11.3 Å². The standard InChI is InChI=1S/C18H19NO4/c1-12(18(21)22)19(2)17(20)14-9-10-16(23-3)15(11-14)13-7-5-4-6-8-13/h4-12H,1-3H3,(H,21,22)/t12-/m1/s1. The number of carboxylic acids is 1. The lowest BCUT2D eigenvalue weighted by Gasteiger charge is -2.22. The lowest BCUT2D eigenvalue weighted by Crippen LogP contribution is -2.40. The first kappa shape index (κ1) is 16.5. The minimum atomic E-state index is -1.04. The summed E-state index contributed by atoms with van der Waals surface area (Å²) in [5.74, 6) is -0.737. The Hall–Kier alpha value is -2.82. The second kappa shape index (κ2) is 6.96. The van der Waals surface area contributed by atoms with Crippen molar-refractivity contribution in [1.82, 2.24) is 4.90 Å². The molecule has 0 bridgehead atoms. The highest BCUT2D eigenvalue weighted by atomic mass is 16.5. The van der Waals surface area contributed by atoms with Crippen LogP contribution in [0.2, 0.25) is 0 Å². The second-order valence-electron chi connectivity index (χ2n) is 5.21. The zero-order valence-electron chi connectivity index (χ0n) is 13.3. The van der Waals surface area contributed by atoms with Crippen molar-refractivity contribution in [2.24, 2.45) is 0 Å². The van der Waals surface area contributed by atoms with E-state index in [-0.39, 0.29) is 5.91 Å². The smallest absolute Gasteiger partial charge is 0.326 e. The number of methoxy groups -OCH3 is 1. The molecule has 1 amide bonds. The number of likely N-dealkylation sites (N-methyl/N-ethyl adjacent to an activating group) is 1. The first-order chi connectivity index (χ1) is 11.0. The molecule has 1 N–H and O–H groups in total. The van der Waals surface area contributed by atoms with Crippen molar-refractivity contribution in [2.45, 2.75) is 13.0 Å². The Morgan fingerprint density at radius 2 is 1.78 bits per heavy atom. The number of rotatable bonds is 5. The third-order valence-electron chi connectivity index (χ3n) is 3.79. The van der Waals surface area contributed by atoms with Crippen LogP contribution in [-0.4, -0.2) is 42.1 Å². The van der Waals surface area contributed by atoms with Gasteiger partial charge in [-0.25, -0.2) is 4.79 Å². The average molecular weight is 313 g/mol. The summed E-state index contributed by atoms with van der Waals surface area (Å²) < 4.78 is 5.36. The van der Waals surface area contributed by atoms with Crippen LogP contribution in [0.25, 0.3) is 11.1 Å². The molecule has 2 aromatic rings. The van der Waals surface area contributed by atoms with E-state index in [0.717, 1.165) is 11.1 Å². The van der Waals surface area contributed by atoms with Gasteiger partial charge in [-0.3, -0.25) is 4.79 Å². The maximum absolute atomic E-state index is 12.5. The summed E-state index contributed by atoms with van der Waals surface area (Å²) in [5, 5.41) is 9.05. The van der Waals surface area contributed by atoms with E-state index in [4.69, 9.17) is 9.84 Å². The van der Waals surface area contributed by atoms with Crippen LogP contribution in [0, 0.1) is 0 Å². The molecule has 0 radical (unpaired) electrons. The zero-order chi connectivity index (χ0) is 17.0. The molecule has 0 spiro atoms. The largest absolute Gasteiger partial charge is 0.496 e. The van der Waals surface area contributed by atoms with Crippen molar-refractivity contribution in [3.63, 3.8) is 0 Å². The maximum atomic E-state index is 12.5. The molecule has 23 heavy (non-hydrogen) atoms. The summed E-state index contributed by atoms with van der Waals surface area (Å²) >= 11 is 0. The monoisotopic (exact) mass is 313 g/mol. The minimum Gasteiger partial charge on any atom is -0.496 e. The number of carbonyl (C=O) groups is 2. The normalized spacial score (nSPS) is 11.6. The first-order valence-electron chi connectivity index (χ1n) is 7.19. The summed E-state index contributed by atoms with van der Waals surface area (Å²) in [6.45, 7) is 1.47. The molecule has 0 aliphatic heterocycles. The van der Waals surface area contributed by atoms with Crippen molar-refractivity contribution < 1.29 is 19.4 Å². The molecule has 0 aliphatic carbocycles. The molecule has 0 aromatic heterocycles. The van der Waals surface area contributed by atoms with E-state index in [1.165, 1.54) is 18.9 Å². The van der Waals surface area contributed by atoms with Crippen molar-refractivity contribution in [3.8, 4) is 16.9 Å². The molecule has 0 saturated carbocycles. The summed E-state index contributed by atoms with van der Waals surface area (Å²) in [7, 11) is 3.05. The highest BCUT2D eigenvalue weighted by Gasteiger charge is 2.23. The van der Waals surface area contributed by atoms with Gasteiger partial charge in [0.25, 0.3) is 5.91 Å². The third kappa shape index (κ3) is 3.51. The van der Waals surface area contributed by atoms with Gasteiger partial charge in [-0.05, 0) is 30.7 Å². The molecular weight excluding hydrogens is 294 g/mol. The summed E-state index contributed by atoms with van der Waals surface area (Å²) in [6.07, 6.45) is 0. The molecular formula is C18H19NO4. The van der Waals surface area contributed by atoms with Crippen LogP contribution >= 0.6 is 0 Å². The van der Waals surface area contributed by atoms with Gasteiger partial charge in [-0.1, -0.05) is 30.3 Å². The summed E-state index contributed by atoms with van der Waals surface area (Å²) in [4.78, 5) is 24.8. The number of hydrogen-bond acceptors (Lipinski definition) is 3. The third-order valence-corrected chi connectivity index (χ3v) is 3.79. The van der Waals surface area contributed by atoms with E-state index >= 15 is 0 Å². The lowest BCUT2D eigenvalue weighted by molar-refractivity contribution is -0.141. The average Bonchev–Trinajstić information content (AvgIpc) is 2.59. The fourth-order valence-electron chi connectivity index (χ4n) is 2.23. The van der Waals surface area contributed by atoms with Crippen molar-refractivity contribution in [1.29, 1.82) is 0 Å². The van der Waals surface area contributed by atoms with Gasteiger partial charge in [0.05, 0.1) is 7.11 Å². The molecule has 0 saturated heterocycles. The molecule has 2 aromatic carbocycles.